The Balaban J connectivity index is 3.24. The lowest BCUT2D eigenvalue weighted by atomic mass is 10.1. The minimum atomic E-state index is -4.72. The van der Waals surface area contributed by atoms with Crippen LogP contribution in [0.5, 0.6) is 0 Å². The van der Waals surface area contributed by atoms with E-state index in [0.717, 1.165) is 12.1 Å². The van der Waals surface area contributed by atoms with Crippen LogP contribution in [0.2, 0.25) is 0 Å². The van der Waals surface area contributed by atoms with Gasteiger partial charge < -0.3 is 0 Å². The first-order valence-corrected chi connectivity index (χ1v) is 3.82. The van der Waals surface area contributed by atoms with E-state index in [4.69, 9.17) is 11.6 Å². The zero-order valence-corrected chi connectivity index (χ0v) is 7.01. The van der Waals surface area contributed by atoms with E-state index in [1.165, 1.54) is 0 Å². The third-order valence-corrected chi connectivity index (χ3v) is 1.73. The van der Waals surface area contributed by atoms with Gasteiger partial charge in [0.25, 0.3) is 0 Å². The smallest absolute Gasteiger partial charge is 0.206 e. The van der Waals surface area contributed by atoms with E-state index < -0.39 is 17.6 Å². The van der Waals surface area contributed by atoms with Crippen LogP contribution < -0.4 is 0 Å². The minimum Gasteiger partial charge on any atom is -0.206 e. The molecule has 0 atom stereocenters. The molecule has 1 aromatic rings. The molecule has 0 saturated heterocycles. The van der Waals surface area contributed by atoms with Crippen LogP contribution in [0.15, 0.2) is 12.1 Å². The van der Waals surface area contributed by atoms with E-state index in [1.54, 1.807) is 6.07 Å². The fraction of sp³-hybridized carbons (Fsp3) is 0.250. The van der Waals surface area contributed by atoms with E-state index in [-0.39, 0.29) is 11.4 Å². The molecule has 0 saturated carbocycles. The van der Waals surface area contributed by atoms with Gasteiger partial charge in [-0.15, -0.1) is 11.6 Å². The van der Waals surface area contributed by atoms with Crippen LogP contribution in [0.3, 0.4) is 0 Å². The van der Waals surface area contributed by atoms with Crippen LogP contribution in [-0.2, 0) is 12.1 Å². The van der Waals surface area contributed by atoms with Crippen molar-refractivity contribution >= 4 is 11.6 Å². The summed E-state index contributed by atoms with van der Waals surface area (Å²) >= 11 is 5.23. The molecule has 0 nitrogen and oxygen atoms in total. The Hall–Kier alpha value is -0.770. The highest BCUT2D eigenvalue weighted by molar-refractivity contribution is 6.17. The molecule has 1 aromatic carbocycles. The first kappa shape index (κ1) is 10.3. The third kappa shape index (κ3) is 2.12. The molecule has 1 radical (unpaired) electrons. The summed E-state index contributed by atoms with van der Waals surface area (Å²) in [4.78, 5) is 0. The van der Waals surface area contributed by atoms with Crippen LogP contribution in [-0.4, -0.2) is 0 Å². The Kier molecular flexibility index (Phi) is 2.81. The fourth-order valence-corrected chi connectivity index (χ4v) is 1.04. The van der Waals surface area contributed by atoms with Gasteiger partial charge >= 0.3 is 6.18 Å². The minimum absolute atomic E-state index is 0.173. The largest absolute Gasteiger partial charge is 0.419 e. The first-order chi connectivity index (χ1) is 5.96. The molecule has 0 fully saturated rings. The van der Waals surface area contributed by atoms with E-state index in [2.05, 4.69) is 0 Å². The Bertz CT molecular complexity index is 306. The van der Waals surface area contributed by atoms with Crippen molar-refractivity contribution in [3.63, 3.8) is 0 Å². The second-order valence-electron chi connectivity index (χ2n) is 2.32. The van der Waals surface area contributed by atoms with Crippen molar-refractivity contribution in [3.05, 3.63) is 35.1 Å². The highest BCUT2D eigenvalue weighted by Crippen LogP contribution is 2.32. The summed E-state index contributed by atoms with van der Waals surface area (Å²) in [6.45, 7) is 0. The predicted molar refractivity (Wildman–Crippen MR) is 39.8 cm³/mol. The number of alkyl halides is 4. The fourth-order valence-electron chi connectivity index (χ4n) is 0.832. The summed E-state index contributed by atoms with van der Waals surface area (Å²) in [7, 11) is 0. The second kappa shape index (κ2) is 3.54. The van der Waals surface area contributed by atoms with Crippen LogP contribution in [0.25, 0.3) is 0 Å². The lowest BCUT2D eigenvalue weighted by Crippen LogP contribution is -2.09. The van der Waals surface area contributed by atoms with Gasteiger partial charge in [0.2, 0.25) is 0 Å². The third-order valence-electron chi connectivity index (χ3n) is 1.44. The molecule has 71 valence electrons. The molecule has 0 aromatic heterocycles. The molecule has 0 aliphatic carbocycles. The molecular weight excluding hydrogens is 208 g/mol. The summed E-state index contributed by atoms with van der Waals surface area (Å²) in [5.41, 5.74) is -1.57. The van der Waals surface area contributed by atoms with Gasteiger partial charge in [-0.1, -0.05) is 12.1 Å². The van der Waals surface area contributed by atoms with Crippen molar-refractivity contribution in [1.82, 2.24) is 0 Å². The number of rotatable bonds is 1. The monoisotopic (exact) mass is 211 g/mol. The number of halogens is 5. The maximum absolute atomic E-state index is 12.9. The average Bonchev–Trinajstić information content (AvgIpc) is 2.02. The zero-order valence-electron chi connectivity index (χ0n) is 6.25. The molecule has 0 aliphatic rings. The van der Waals surface area contributed by atoms with Crippen LogP contribution in [0.1, 0.15) is 11.1 Å². The van der Waals surface area contributed by atoms with Crippen LogP contribution in [0.4, 0.5) is 17.6 Å². The van der Waals surface area contributed by atoms with Crippen LogP contribution >= 0.6 is 11.6 Å². The van der Waals surface area contributed by atoms with Gasteiger partial charge in [0, 0.05) is 5.56 Å². The normalized spacial score (nSPS) is 11.8. The number of hydrogen-bond donors (Lipinski definition) is 0. The van der Waals surface area contributed by atoms with Crippen molar-refractivity contribution in [3.8, 4) is 0 Å². The Labute approximate surface area is 77.1 Å². The summed E-state index contributed by atoms with van der Waals surface area (Å²) in [6.07, 6.45) is -4.72. The second-order valence-corrected chi connectivity index (χ2v) is 2.59. The zero-order chi connectivity index (χ0) is 10.1. The molecule has 0 N–H and O–H groups in total. The van der Waals surface area contributed by atoms with Crippen molar-refractivity contribution in [2.45, 2.75) is 12.1 Å². The van der Waals surface area contributed by atoms with E-state index in [1.807, 2.05) is 0 Å². The van der Waals surface area contributed by atoms with Crippen molar-refractivity contribution in [2.24, 2.45) is 0 Å². The highest BCUT2D eigenvalue weighted by Gasteiger charge is 2.34. The van der Waals surface area contributed by atoms with E-state index >= 15 is 0 Å². The molecule has 0 spiro atoms. The highest BCUT2D eigenvalue weighted by atomic mass is 35.5. The summed E-state index contributed by atoms with van der Waals surface area (Å²) in [5.74, 6) is -1.63. The maximum Gasteiger partial charge on any atom is 0.419 e. The topological polar surface area (TPSA) is 0 Å². The molecule has 5 heteroatoms. The summed E-state index contributed by atoms with van der Waals surface area (Å²) in [6, 6.07) is 3.96. The summed E-state index contributed by atoms with van der Waals surface area (Å²) < 4.78 is 49.1. The average molecular weight is 212 g/mol. The molecule has 0 bridgehead atoms. The van der Waals surface area contributed by atoms with Crippen LogP contribution in [0, 0.1) is 11.9 Å². The lowest BCUT2D eigenvalue weighted by molar-refractivity contribution is -0.140. The molecule has 0 aliphatic heterocycles. The quantitative estimate of drug-likeness (QED) is 0.493. The molecule has 0 amide bonds. The lowest BCUT2D eigenvalue weighted by Gasteiger charge is -2.08. The summed E-state index contributed by atoms with van der Waals surface area (Å²) in [5, 5.41) is 0. The van der Waals surface area contributed by atoms with Gasteiger partial charge in [-0.2, -0.15) is 13.2 Å². The molecule has 0 heterocycles. The van der Waals surface area contributed by atoms with Crippen molar-refractivity contribution < 1.29 is 17.6 Å². The standard InChI is InChI=1S/C8H4ClF4/c9-4-5-2-1-3-6(7(5)10)8(11,12)13/h1-2H,4H2. The van der Waals surface area contributed by atoms with E-state index in [0.29, 0.717) is 0 Å². The predicted octanol–water partition coefficient (Wildman–Crippen LogP) is 3.38. The molecular formula is C8H4ClF4. The van der Waals surface area contributed by atoms with Gasteiger partial charge in [0.05, 0.1) is 11.4 Å². The van der Waals surface area contributed by atoms with Gasteiger partial charge in [0.1, 0.15) is 5.82 Å². The first-order valence-electron chi connectivity index (χ1n) is 3.29. The number of benzene rings is 1. The van der Waals surface area contributed by atoms with Crippen molar-refractivity contribution in [1.29, 1.82) is 0 Å². The van der Waals surface area contributed by atoms with Crippen molar-refractivity contribution in [2.75, 3.05) is 0 Å². The Morgan fingerprint density at radius 2 is 2.00 bits per heavy atom. The molecule has 0 unspecified atom stereocenters. The maximum atomic E-state index is 12.9. The van der Waals surface area contributed by atoms with Gasteiger partial charge in [-0.25, -0.2) is 4.39 Å². The number of hydrogen-bond acceptors (Lipinski definition) is 0. The SMILES string of the molecule is Fc1c(C(F)(F)F)[c]ccc1CCl. The van der Waals surface area contributed by atoms with Gasteiger partial charge in [-0.05, 0) is 6.07 Å². The van der Waals surface area contributed by atoms with Gasteiger partial charge in [0.15, 0.2) is 0 Å². The molecule has 1 rings (SSSR count). The van der Waals surface area contributed by atoms with E-state index in [9.17, 15) is 17.6 Å². The van der Waals surface area contributed by atoms with Gasteiger partial charge in [-0.3, -0.25) is 0 Å². The Morgan fingerprint density at radius 3 is 2.46 bits per heavy atom. The Morgan fingerprint density at radius 1 is 1.38 bits per heavy atom. The molecule has 13 heavy (non-hydrogen) atoms.